The normalized spacial score (nSPS) is 27.1. The molecule has 2 aliphatic rings. The van der Waals surface area contributed by atoms with E-state index in [9.17, 15) is 5.11 Å². The van der Waals surface area contributed by atoms with Crippen molar-refractivity contribution in [2.75, 3.05) is 0 Å². The fourth-order valence-electron chi connectivity index (χ4n) is 2.69. The van der Waals surface area contributed by atoms with E-state index in [4.69, 9.17) is 9.47 Å². The van der Waals surface area contributed by atoms with Crippen LogP contribution in [-0.2, 0) is 15.9 Å². The second kappa shape index (κ2) is 5.08. The Hall–Kier alpha value is -1.58. The van der Waals surface area contributed by atoms with Crippen LogP contribution in [0.25, 0.3) is 6.08 Å². The Bertz CT molecular complexity index is 582. The molecule has 1 saturated heterocycles. The molecule has 0 aromatic heterocycles. The molecule has 1 fully saturated rings. The number of ether oxygens (including phenoxy) is 2. The Morgan fingerprint density at radius 3 is 2.85 bits per heavy atom. The molecule has 1 aromatic rings. The minimum atomic E-state index is -0.466. The van der Waals surface area contributed by atoms with E-state index in [1.165, 1.54) is 11.1 Å². The van der Waals surface area contributed by atoms with Gasteiger partial charge in [0.2, 0.25) is 0 Å². The third-order valence-corrected chi connectivity index (χ3v) is 3.85. The van der Waals surface area contributed by atoms with Crippen LogP contribution in [0.3, 0.4) is 0 Å². The van der Waals surface area contributed by atoms with Gasteiger partial charge in [-0.25, -0.2) is 0 Å². The van der Waals surface area contributed by atoms with Crippen molar-refractivity contribution in [2.24, 2.45) is 0 Å². The Balaban J connectivity index is 2.07. The summed E-state index contributed by atoms with van der Waals surface area (Å²) < 4.78 is 11.6. The van der Waals surface area contributed by atoms with Crippen molar-refractivity contribution in [1.82, 2.24) is 0 Å². The zero-order valence-electron chi connectivity index (χ0n) is 12.1. The summed E-state index contributed by atoms with van der Waals surface area (Å²) in [6.07, 6.45) is 6.64. The van der Waals surface area contributed by atoms with Crippen molar-refractivity contribution in [1.29, 1.82) is 0 Å². The molecular weight excluding hydrogens is 252 g/mol. The maximum absolute atomic E-state index is 10.2. The summed E-state index contributed by atoms with van der Waals surface area (Å²) >= 11 is 0. The first kappa shape index (κ1) is 13.4. The van der Waals surface area contributed by atoms with Gasteiger partial charge in [0.05, 0.1) is 11.7 Å². The van der Waals surface area contributed by atoms with Crippen LogP contribution in [0.4, 0.5) is 0 Å². The average molecular weight is 272 g/mol. The molecule has 3 atom stereocenters. The van der Waals surface area contributed by atoms with Gasteiger partial charge >= 0.3 is 0 Å². The van der Waals surface area contributed by atoms with Crippen molar-refractivity contribution in [3.63, 3.8) is 0 Å². The van der Waals surface area contributed by atoms with Crippen molar-refractivity contribution >= 4 is 6.08 Å². The maximum atomic E-state index is 10.2. The number of allylic oxidation sites excluding steroid dienone is 2. The molecule has 0 radical (unpaired) electrons. The number of benzene rings is 1. The number of rotatable bonds is 2. The van der Waals surface area contributed by atoms with E-state index in [0.29, 0.717) is 0 Å². The van der Waals surface area contributed by atoms with Gasteiger partial charge in [0.1, 0.15) is 11.9 Å². The molecule has 3 heteroatoms. The van der Waals surface area contributed by atoms with E-state index in [1.807, 2.05) is 19.1 Å². The Morgan fingerprint density at radius 1 is 1.30 bits per heavy atom. The third-order valence-electron chi connectivity index (χ3n) is 3.85. The second-order valence-corrected chi connectivity index (χ2v) is 5.69. The molecule has 0 spiro atoms. The average Bonchev–Trinajstić information content (AvgIpc) is 2.63. The molecule has 0 aliphatic carbocycles. The topological polar surface area (TPSA) is 38.7 Å². The molecule has 1 aromatic carbocycles. The highest BCUT2D eigenvalue weighted by atomic mass is 16.7. The second-order valence-electron chi connectivity index (χ2n) is 5.69. The van der Waals surface area contributed by atoms with Crippen LogP contribution < -0.4 is 0 Å². The van der Waals surface area contributed by atoms with Crippen LogP contribution in [0.15, 0.2) is 29.9 Å². The molecule has 2 aliphatic heterocycles. The number of phenolic OH excluding ortho intramolecular Hbond substituents is 1. The zero-order chi connectivity index (χ0) is 14.3. The SMILES string of the molecule is CC(C)=CCc1ccc(O)c2c1C=C[C@@H]1O[C@H]2O[C@H]1C. The molecule has 106 valence electrons. The van der Waals surface area contributed by atoms with E-state index in [2.05, 4.69) is 26.0 Å². The van der Waals surface area contributed by atoms with Gasteiger partial charge in [0.15, 0.2) is 6.29 Å². The standard InChI is InChI=1S/C17H20O3/c1-10(2)4-5-12-6-8-14(18)16-13(12)7-9-15-11(3)19-17(16)20-15/h4,6-9,11,15,17-18H,5H2,1-3H3/t11-,15-,17+/m0/s1. The Morgan fingerprint density at radius 2 is 2.10 bits per heavy atom. The number of phenols is 1. The monoisotopic (exact) mass is 272 g/mol. The summed E-state index contributed by atoms with van der Waals surface area (Å²) in [6.45, 7) is 6.17. The largest absolute Gasteiger partial charge is 0.507 e. The Kier molecular flexibility index (Phi) is 3.40. The smallest absolute Gasteiger partial charge is 0.189 e. The lowest BCUT2D eigenvalue weighted by Crippen LogP contribution is -2.15. The summed E-state index contributed by atoms with van der Waals surface area (Å²) in [4.78, 5) is 0. The van der Waals surface area contributed by atoms with Crippen LogP contribution in [0.2, 0.25) is 0 Å². The first-order valence-electron chi connectivity index (χ1n) is 7.03. The lowest BCUT2D eigenvalue weighted by molar-refractivity contribution is -0.0635. The highest BCUT2D eigenvalue weighted by Gasteiger charge is 2.37. The quantitative estimate of drug-likeness (QED) is 0.834. The molecule has 2 heterocycles. The molecule has 0 amide bonds. The van der Waals surface area contributed by atoms with Crippen molar-refractivity contribution in [3.05, 3.63) is 46.5 Å². The van der Waals surface area contributed by atoms with Crippen molar-refractivity contribution < 1.29 is 14.6 Å². The van der Waals surface area contributed by atoms with E-state index in [0.717, 1.165) is 17.5 Å². The lowest BCUT2D eigenvalue weighted by Gasteiger charge is -2.17. The van der Waals surface area contributed by atoms with E-state index in [-0.39, 0.29) is 18.0 Å². The molecular formula is C17H20O3. The highest BCUT2D eigenvalue weighted by Crippen LogP contribution is 2.42. The highest BCUT2D eigenvalue weighted by molar-refractivity contribution is 5.64. The number of hydrogen-bond acceptors (Lipinski definition) is 3. The molecule has 1 N–H and O–H groups in total. The van der Waals surface area contributed by atoms with Crippen LogP contribution in [0, 0.1) is 0 Å². The van der Waals surface area contributed by atoms with Crippen LogP contribution in [-0.4, -0.2) is 17.3 Å². The minimum absolute atomic E-state index is 0.0187. The predicted octanol–water partition coefficient (Wildman–Crippen LogP) is 3.73. The number of hydrogen-bond donors (Lipinski definition) is 1. The van der Waals surface area contributed by atoms with Gasteiger partial charge in [-0.15, -0.1) is 0 Å². The van der Waals surface area contributed by atoms with Gasteiger partial charge in [-0.3, -0.25) is 0 Å². The minimum Gasteiger partial charge on any atom is -0.507 e. The Labute approximate surface area is 119 Å². The number of aromatic hydroxyl groups is 1. The summed E-state index contributed by atoms with van der Waals surface area (Å²) in [6, 6.07) is 3.71. The van der Waals surface area contributed by atoms with Crippen molar-refractivity contribution in [3.8, 4) is 5.75 Å². The fourth-order valence-corrected chi connectivity index (χ4v) is 2.69. The van der Waals surface area contributed by atoms with E-state index in [1.54, 1.807) is 6.07 Å². The van der Waals surface area contributed by atoms with Gasteiger partial charge in [0.25, 0.3) is 0 Å². The number of fused-ring (bicyclic) bond motifs is 4. The molecule has 20 heavy (non-hydrogen) atoms. The molecule has 0 unspecified atom stereocenters. The zero-order valence-corrected chi connectivity index (χ0v) is 12.1. The molecule has 0 saturated carbocycles. The van der Waals surface area contributed by atoms with E-state index < -0.39 is 6.29 Å². The van der Waals surface area contributed by atoms with Crippen LogP contribution in [0.1, 0.15) is 43.8 Å². The van der Waals surface area contributed by atoms with Gasteiger partial charge in [-0.2, -0.15) is 0 Å². The fraction of sp³-hybridized carbons (Fsp3) is 0.412. The predicted molar refractivity (Wildman–Crippen MR) is 78.4 cm³/mol. The summed E-state index contributed by atoms with van der Waals surface area (Å²) in [5, 5.41) is 10.2. The van der Waals surface area contributed by atoms with Crippen LogP contribution in [0.5, 0.6) is 5.75 Å². The molecule has 3 nitrogen and oxygen atoms in total. The van der Waals surface area contributed by atoms with Crippen molar-refractivity contribution in [2.45, 2.75) is 45.7 Å². The summed E-state index contributed by atoms with van der Waals surface area (Å²) in [5.41, 5.74) is 4.25. The first-order valence-corrected chi connectivity index (χ1v) is 7.03. The molecule has 3 rings (SSSR count). The van der Waals surface area contributed by atoms with Gasteiger partial charge in [-0.05, 0) is 44.4 Å². The van der Waals surface area contributed by atoms with Gasteiger partial charge in [-0.1, -0.05) is 29.9 Å². The lowest BCUT2D eigenvalue weighted by atomic mass is 9.95. The summed E-state index contributed by atoms with van der Waals surface area (Å²) in [7, 11) is 0. The van der Waals surface area contributed by atoms with Gasteiger partial charge < -0.3 is 14.6 Å². The van der Waals surface area contributed by atoms with Crippen LogP contribution >= 0.6 is 0 Å². The van der Waals surface area contributed by atoms with E-state index >= 15 is 0 Å². The maximum Gasteiger partial charge on any atom is 0.189 e. The first-order chi connectivity index (χ1) is 9.56. The molecule has 2 bridgehead atoms. The van der Waals surface area contributed by atoms with Gasteiger partial charge in [0, 0.05) is 0 Å². The third kappa shape index (κ3) is 2.28. The summed E-state index contributed by atoms with van der Waals surface area (Å²) in [5.74, 6) is 0.241.